The van der Waals surface area contributed by atoms with Crippen LogP contribution in [0.1, 0.15) is 43.0 Å². The summed E-state index contributed by atoms with van der Waals surface area (Å²) in [5.41, 5.74) is 7.40. The lowest BCUT2D eigenvalue weighted by molar-refractivity contribution is 0.00845. The van der Waals surface area contributed by atoms with Gasteiger partial charge in [-0.3, -0.25) is 4.79 Å². The fourth-order valence-electron chi connectivity index (χ4n) is 3.06. The van der Waals surface area contributed by atoms with Crippen LogP contribution in [0.3, 0.4) is 0 Å². The van der Waals surface area contributed by atoms with Crippen molar-refractivity contribution in [3.8, 4) is 0 Å². The summed E-state index contributed by atoms with van der Waals surface area (Å²) in [5, 5.41) is 0. The van der Waals surface area contributed by atoms with E-state index in [1.54, 1.807) is 0 Å². The molecule has 0 spiro atoms. The molecule has 134 valence electrons. The van der Waals surface area contributed by atoms with Crippen LogP contribution in [0.25, 0.3) is 0 Å². The van der Waals surface area contributed by atoms with Crippen LogP contribution in [0.4, 0.5) is 5.69 Å². The summed E-state index contributed by atoms with van der Waals surface area (Å²) in [5.74, 6) is 0.125. The van der Waals surface area contributed by atoms with E-state index in [1.807, 2.05) is 29.2 Å². The van der Waals surface area contributed by atoms with Gasteiger partial charge in [-0.15, -0.1) is 0 Å². The molecule has 1 aromatic carbocycles. The molecule has 0 aromatic heterocycles. The van der Waals surface area contributed by atoms with Gasteiger partial charge in [0.05, 0.1) is 6.10 Å². The van der Waals surface area contributed by atoms with Gasteiger partial charge in [-0.25, -0.2) is 0 Å². The van der Waals surface area contributed by atoms with Crippen LogP contribution in [0.2, 0.25) is 0 Å². The van der Waals surface area contributed by atoms with Crippen LogP contribution < -0.4 is 10.6 Å². The van der Waals surface area contributed by atoms with Crippen molar-refractivity contribution in [1.82, 2.24) is 4.90 Å². The number of benzene rings is 1. The van der Waals surface area contributed by atoms with Gasteiger partial charge in [0.15, 0.2) is 0 Å². The molecule has 1 amide bonds. The molecule has 5 heteroatoms. The van der Waals surface area contributed by atoms with Gasteiger partial charge in [-0.05, 0) is 56.5 Å². The maximum Gasteiger partial charge on any atom is 0.253 e. The summed E-state index contributed by atoms with van der Waals surface area (Å²) in [6, 6.07) is 7.94. The number of hydrogen-bond acceptors (Lipinski definition) is 4. The number of likely N-dealkylation sites (tertiary alicyclic amines) is 1. The Morgan fingerprint density at radius 1 is 1.29 bits per heavy atom. The topological polar surface area (TPSA) is 58.8 Å². The van der Waals surface area contributed by atoms with E-state index in [4.69, 9.17) is 10.5 Å². The number of piperidine rings is 1. The highest BCUT2D eigenvalue weighted by molar-refractivity contribution is 5.94. The molecule has 0 atom stereocenters. The molecule has 0 bridgehead atoms. The minimum atomic E-state index is 0.125. The highest BCUT2D eigenvalue weighted by Crippen LogP contribution is 2.19. The summed E-state index contributed by atoms with van der Waals surface area (Å²) < 4.78 is 5.80. The Morgan fingerprint density at radius 2 is 1.96 bits per heavy atom. The van der Waals surface area contributed by atoms with Crippen LogP contribution in [0.15, 0.2) is 24.3 Å². The quantitative estimate of drug-likeness (QED) is 0.743. The number of nitrogens with two attached hydrogens (primary N) is 1. The van der Waals surface area contributed by atoms with E-state index in [-0.39, 0.29) is 12.0 Å². The van der Waals surface area contributed by atoms with Crippen molar-refractivity contribution in [3.05, 3.63) is 29.8 Å². The van der Waals surface area contributed by atoms with Crippen molar-refractivity contribution in [2.75, 3.05) is 44.7 Å². The predicted octanol–water partition coefficient (Wildman–Crippen LogP) is 2.50. The lowest BCUT2D eigenvalue weighted by Gasteiger charge is -2.32. The molecule has 1 heterocycles. The molecule has 5 nitrogen and oxygen atoms in total. The first-order valence-corrected chi connectivity index (χ1v) is 9.07. The first kappa shape index (κ1) is 18.7. The monoisotopic (exact) mass is 333 g/mol. The SMILES string of the molecule is CCCN(C)c1ccc(C(=O)N2CCC(OCCCN)CC2)cc1. The maximum absolute atomic E-state index is 12.6. The average Bonchev–Trinajstić information content (AvgIpc) is 2.62. The van der Waals surface area contributed by atoms with E-state index in [9.17, 15) is 4.79 Å². The summed E-state index contributed by atoms with van der Waals surface area (Å²) >= 11 is 0. The molecular weight excluding hydrogens is 302 g/mol. The van der Waals surface area contributed by atoms with Crippen molar-refractivity contribution in [2.45, 2.75) is 38.7 Å². The number of carbonyl (C=O) groups is 1. The highest BCUT2D eigenvalue weighted by atomic mass is 16.5. The third-order valence-corrected chi connectivity index (χ3v) is 4.55. The van der Waals surface area contributed by atoms with E-state index >= 15 is 0 Å². The Bertz CT molecular complexity index is 496. The first-order chi connectivity index (χ1) is 11.7. The summed E-state index contributed by atoms with van der Waals surface area (Å²) in [7, 11) is 2.08. The Kier molecular flexibility index (Phi) is 7.53. The van der Waals surface area contributed by atoms with E-state index in [0.717, 1.165) is 63.2 Å². The predicted molar refractivity (Wildman–Crippen MR) is 98.6 cm³/mol. The Balaban J connectivity index is 1.84. The van der Waals surface area contributed by atoms with Crippen molar-refractivity contribution >= 4 is 11.6 Å². The normalized spacial score (nSPS) is 15.5. The molecule has 0 aliphatic carbocycles. The lowest BCUT2D eigenvalue weighted by Crippen LogP contribution is -2.41. The molecule has 0 radical (unpaired) electrons. The fourth-order valence-corrected chi connectivity index (χ4v) is 3.06. The lowest BCUT2D eigenvalue weighted by atomic mass is 10.1. The van der Waals surface area contributed by atoms with Crippen LogP contribution in [0, 0.1) is 0 Å². The van der Waals surface area contributed by atoms with E-state index in [1.165, 1.54) is 0 Å². The van der Waals surface area contributed by atoms with Crippen molar-refractivity contribution in [2.24, 2.45) is 5.73 Å². The molecule has 1 aromatic rings. The van der Waals surface area contributed by atoms with Crippen LogP contribution in [-0.4, -0.2) is 56.7 Å². The van der Waals surface area contributed by atoms with Crippen molar-refractivity contribution < 1.29 is 9.53 Å². The molecule has 24 heavy (non-hydrogen) atoms. The fraction of sp³-hybridized carbons (Fsp3) is 0.632. The standard InChI is InChI=1S/C19H31N3O2/c1-3-12-21(2)17-7-5-16(6-8-17)19(23)22-13-9-18(10-14-22)24-15-4-11-20/h5-8,18H,3-4,9-15,20H2,1-2H3. The molecule has 1 aliphatic heterocycles. The number of ether oxygens (including phenoxy) is 1. The average molecular weight is 333 g/mol. The Morgan fingerprint density at radius 3 is 2.54 bits per heavy atom. The molecule has 1 fully saturated rings. The zero-order chi connectivity index (χ0) is 17.4. The van der Waals surface area contributed by atoms with Crippen molar-refractivity contribution in [1.29, 1.82) is 0 Å². The number of nitrogens with zero attached hydrogens (tertiary/aromatic N) is 2. The molecule has 2 N–H and O–H groups in total. The maximum atomic E-state index is 12.6. The molecular formula is C19H31N3O2. The van der Waals surface area contributed by atoms with Crippen LogP contribution in [0.5, 0.6) is 0 Å². The minimum Gasteiger partial charge on any atom is -0.378 e. The van der Waals surface area contributed by atoms with Gasteiger partial charge in [-0.1, -0.05) is 6.92 Å². The number of hydrogen-bond donors (Lipinski definition) is 1. The zero-order valence-electron chi connectivity index (χ0n) is 15.0. The van der Waals surface area contributed by atoms with Gasteiger partial charge in [-0.2, -0.15) is 0 Å². The molecule has 0 saturated carbocycles. The second-order valence-corrected chi connectivity index (χ2v) is 6.47. The Labute approximate surface area is 145 Å². The zero-order valence-corrected chi connectivity index (χ0v) is 15.0. The second-order valence-electron chi connectivity index (χ2n) is 6.47. The van der Waals surface area contributed by atoms with Gasteiger partial charge in [0, 0.05) is 44.5 Å². The summed E-state index contributed by atoms with van der Waals surface area (Å²) in [6.45, 7) is 6.11. The summed E-state index contributed by atoms with van der Waals surface area (Å²) in [4.78, 5) is 16.8. The smallest absolute Gasteiger partial charge is 0.253 e. The minimum absolute atomic E-state index is 0.125. The van der Waals surface area contributed by atoms with Gasteiger partial charge < -0.3 is 20.3 Å². The largest absolute Gasteiger partial charge is 0.378 e. The number of rotatable bonds is 8. The van der Waals surface area contributed by atoms with Gasteiger partial charge in [0.2, 0.25) is 0 Å². The first-order valence-electron chi connectivity index (χ1n) is 9.07. The van der Waals surface area contributed by atoms with Gasteiger partial charge >= 0.3 is 0 Å². The third-order valence-electron chi connectivity index (χ3n) is 4.55. The second kappa shape index (κ2) is 9.64. The van der Waals surface area contributed by atoms with Crippen LogP contribution in [-0.2, 0) is 4.74 Å². The number of amides is 1. The van der Waals surface area contributed by atoms with Gasteiger partial charge in [0.1, 0.15) is 0 Å². The van der Waals surface area contributed by atoms with E-state index < -0.39 is 0 Å². The highest BCUT2D eigenvalue weighted by Gasteiger charge is 2.23. The summed E-state index contributed by atoms with van der Waals surface area (Å²) in [6.07, 6.45) is 4.10. The Hall–Kier alpha value is -1.59. The molecule has 2 rings (SSSR count). The number of anilines is 1. The third kappa shape index (κ3) is 5.21. The molecule has 1 saturated heterocycles. The number of carbonyl (C=O) groups excluding carboxylic acids is 1. The van der Waals surface area contributed by atoms with E-state index in [0.29, 0.717) is 6.54 Å². The van der Waals surface area contributed by atoms with Crippen molar-refractivity contribution in [3.63, 3.8) is 0 Å². The van der Waals surface area contributed by atoms with E-state index in [2.05, 4.69) is 18.9 Å². The molecule has 1 aliphatic rings. The van der Waals surface area contributed by atoms with Gasteiger partial charge in [0.25, 0.3) is 5.91 Å². The molecule has 0 unspecified atom stereocenters. The van der Waals surface area contributed by atoms with Crippen LogP contribution >= 0.6 is 0 Å².